The van der Waals surface area contributed by atoms with Crippen molar-refractivity contribution in [2.24, 2.45) is 5.92 Å². The maximum Gasteiger partial charge on any atom is 0.160 e. The number of anilines is 2. The second-order valence-corrected chi connectivity index (χ2v) is 5.42. The molecule has 3 rings (SSSR count). The first kappa shape index (κ1) is 13.2. The zero-order chi connectivity index (χ0) is 13.9. The molecule has 0 bridgehead atoms. The van der Waals surface area contributed by atoms with Crippen molar-refractivity contribution in [3.8, 4) is 0 Å². The summed E-state index contributed by atoms with van der Waals surface area (Å²) in [5.74, 6) is 0.713. The minimum absolute atomic E-state index is 0.600. The van der Waals surface area contributed by atoms with Gasteiger partial charge < -0.3 is 16.0 Å². The Labute approximate surface area is 118 Å². The van der Waals surface area contributed by atoms with Crippen molar-refractivity contribution in [3.63, 3.8) is 0 Å². The number of fused-ring (bicyclic) bond motifs is 1. The van der Waals surface area contributed by atoms with Gasteiger partial charge in [0.1, 0.15) is 0 Å². The Morgan fingerprint density at radius 2 is 2.05 bits per heavy atom. The van der Waals surface area contributed by atoms with Crippen LogP contribution in [0.15, 0.2) is 16.8 Å². The van der Waals surface area contributed by atoms with Gasteiger partial charge in [0.25, 0.3) is 0 Å². The third kappa shape index (κ3) is 2.56. The van der Waals surface area contributed by atoms with Crippen LogP contribution in [0.2, 0.25) is 0 Å². The molecule has 1 aliphatic heterocycles. The van der Waals surface area contributed by atoms with Crippen LogP contribution < -0.4 is 11.1 Å². The molecule has 6 heteroatoms. The summed E-state index contributed by atoms with van der Waals surface area (Å²) < 4.78 is 4.78. The van der Waals surface area contributed by atoms with Gasteiger partial charge in [0.05, 0.1) is 11.4 Å². The Kier molecular flexibility index (Phi) is 3.73. The van der Waals surface area contributed by atoms with Crippen molar-refractivity contribution in [1.29, 1.82) is 0 Å². The van der Waals surface area contributed by atoms with Gasteiger partial charge in [0, 0.05) is 6.54 Å². The van der Waals surface area contributed by atoms with Crippen molar-refractivity contribution in [3.05, 3.63) is 12.1 Å². The van der Waals surface area contributed by atoms with Crippen molar-refractivity contribution in [1.82, 2.24) is 15.2 Å². The molecule has 1 aromatic heterocycles. The first-order valence-electron chi connectivity index (χ1n) is 7.25. The molecular formula is C14H21N5O. The van der Waals surface area contributed by atoms with Crippen LogP contribution >= 0.6 is 0 Å². The lowest BCUT2D eigenvalue weighted by molar-refractivity contribution is 0.198. The molecule has 20 heavy (non-hydrogen) atoms. The van der Waals surface area contributed by atoms with Gasteiger partial charge in [-0.05, 0) is 60.8 Å². The first-order valence-corrected chi connectivity index (χ1v) is 7.25. The van der Waals surface area contributed by atoms with Gasteiger partial charge in [-0.1, -0.05) is 6.92 Å². The van der Waals surface area contributed by atoms with Crippen LogP contribution in [0.3, 0.4) is 0 Å². The number of hydrogen-bond acceptors (Lipinski definition) is 6. The lowest BCUT2D eigenvalue weighted by atomic mass is 9.96. The maximum absolute atomic E-state index is 5.84. The average Bonchev–Trinajstić information content (AvgIpc) is 2.98. The van der Waals surface area contributed by atoms with Crippen molar-refractivity contribution < 1.29 is 4.63 Å². The molecule has 1 fully saturated rings. The van der Waals surface area contributed by atoms with Gasteiger partial charge in [-0.25, -0.2) is 4.63 Å². The van der Waals surface area contributed by atoms with Crippen LogP contribution in [0.1, 0.15) is 19.8 Å². The standard InChI is InChI=1S/C14H21N5O/c1-2-19-7-5-10(6-8-19)9-16-12-4-3-11(15)13-14(12)18-20-17-13/h3-4,10,16H,2,5-9,15H2,1H3. The van der Waals surface area contributed by atoms with Gasteiger partial charge >= 0.3 is 0 Å². The van der Waals surface area contributed by atoms with Crippen molar-refractivity contribution >= 4 is 22.4 Å². The Hall–Kier alpha value is -1.82. The number of nitrogens with one attached hydrogen (secondary N) is 1. The fraction of sp³-hybridized carbons (Fsp3) is 0.571. The predicted molar refractivity (Wildman–Crippen MR) is 79.5 cm³/mol. The maximum atomic E-state index is 5.84. The smallest absolute Gasteiger partial charge is 0.160 e. The zero-order valence-corrected chi connectivity index (χ0v) is 11.8. The Balaban J connectivity index is 1.63. The van der Waals surface area contributed by atoms with Crippen LogP contribution in [-0.2, 0) is 0 Å². The number of likely N-dealkylation sites (tertiary alicyclic amines) is 1. The summed E-state index contributed by atoms with van der Waals surface area (Å²) in [4.78, 5) is 2.50. The summed E-state index contributed by atoms with van der Waals surface area (Å²) in [6.07, 6.45) is 2.49. The van der Waals surface area contributed by atoms with E-state index in [4.69, 9.17) is 10.4 Å². The number of hydrogen-bond donors (Lipinski definition) is 2. The molecule has 0 atom stereocenters. The van der Waals surface area contributed by atoms with Crippen molar-refractivity contribution in [2.75, 3.05) is 37.2 Å². The second-order valence-electron chi connectivity index (χ2n) is 5.42. The molecule has 0 unspecified atom stereocenters. The molecule has 2 heterocycles. The van der Waals surface area contributed by atoms with Gasteiger partial charge in [0.15, 0.2) is 11.0 Å². The van der Waals surface area contributed by atoms with E-state index in [1.807, 2.05) is 12.1 Å². The molecule has 2 aromatic rings. The van der Waals surface area contributed by atoms with E-state index in [0.29, 0.717) is 17.1 Å². The highest BCUT2D eigenvalue weighted by Gasteiger charge is 2.18. The van der Waals surface area contributed by atoms with E-state index in [-0.39, 0.29) is 0 Å². The van der Waals surface area contributed by atoms with E-state index in [1.54, 1.807) is 0 Å². The van der Waals surface area contributed by atoms with E-state index in [9.17, 15) is 0 Å². The number of piperidine rings is 1. The SMILES string of the molecule is CCN1CCC(CNc2ccc(N)c3nonc23)CC1. The topological polar surface area (TPSA) is 80.2 Å². The number of benzene rings is 1. The number of rotatable bonds is 4. The molecule has 0 radical (unpaired) electrons. The van der Waals surface area contributed by atoms with E-state index in [1.165, 1.54) is 25.9 Å². The number of aromatic nitrogens is 2. The highest BCUT2D eigenvalue weighted by atomic mass is 16.6. The minimum Gasteiger partial charge on any atom is -0.397 e. The monoisotopic (exact) mass is 275 g/mol. The summed E-state index contributed by atoms with van der Waals surface area (Å²) in [6.45, 7) is 6.74. The van der Waals surface area contributed by atoms with Crippen LogP contribution in [0.25, 0.3) is 11.0 Å². The molecule has 3 N–H and O–H groups in total. The van der Waals surface area contributed by atoms with Crippen LogP contribution in [0.4, 0.5) is 11.4 Å². The fourth-order valence-corrected chi connectivity index (χ4v) is 2.79. The number of nitrogens with two attached hydrogens (primary N) is 1. The minimum atomic E-state index is 0.600. The summed E-state index contributed by atoms with van der Waals surface area (Å²) in [5, 5.41) is 11.2. The third-order valence-electron chi connectivity index (χ3n) is 4.18. The summed E-state index contributed by atoms with van der Waals surface area (Å²) in [6, 6.07) is 3.79. The highest BCUT2D eigenvalue weighted by Crippen LogP contribution is 2.26. The average molecular weight is 275 g/mol. The Bertz CT molecular complexity index is 574. The normalized spacial score (nSPS) is 17.6. The molecule has 6 nitrogen and oxygen atoms in total. The number of nitrogens with zero attached hydrogens (tertiary/aromatic N) is 3. The van der Waals surface area contributed by atoms with E-state index >= 15 is 0 Å². The number of nitrogen functional groups attached to an aromatic ring is 1. The summed E-state index contributed by atoms with van der Waals surface area (Å²) in [5.41, 5.74) is 8.75. The Morgan fingerprint density at radius 1 is 1.30 bits per heavy atom. The van der Waals surface area contributed by atoms with Gasteiger partial charge in [-0.15, -0.1) is 0 Å². The quantitative estimate of drug-likeness (QED) is 0.830. The van der Waals surface area contributed by atoms with E-state index in [2.05, 4.69) is 27.5 Å². The summed E-state index contributed by atoms with van der Waals surface area (Å²) >= 11 is 0. The molecule has 1 aliphatic rings. The van der Waals surface area contributed by atoms with Gasteiger partial charge in [-0.2, -0.15) is 0 Å². The second kappa shape index (κ2) is 5.66. The van der Waals surface area contributed by atoms with Crippen LogP contribution in [-0.4, -0.2) is 41.4 Å². The zero-order valence-electron chi connectivity index (χ0n) is 11.8. The molecule has 1 aromatic carbocycles. The molecule has 0 aliphatic carbocycles. The largest absolute Gasteiger partial charge is 0.397 e. The molecule has 1 saturated heterocycles. The first-order chi connectivity index (χ1) is 9.78. The highest BCUT2D eigenvalue weighted by molar-refractivity contribution is 5.94. The van der Waals surface area contributed by atoms with Gasteiger partial charge in [0.2, 0.25) is 0 Å². The third-order valence-corrected chi connectivity index (χ3v) is 4.18. The van der Waals surface area contributed by atoms with E-state index < -0.39 is 0 Å². The lowest BCUT2D eigenvalue weighted by Crippen LogP contribution is -2.35. The molecule has 0 saturated carbocycles. The van der Waals surface area contributed by atoms with Gasteiger partial charge in [-0.3, -0.25) is 0 Å². The molecule has 0 spiro atoms. The van der Waals surface area contributed by atoms with E-state index in [0.717, 1.165) is 24.3 Å². The van der Waals surface area contributed by atoms with Crippen molar-refractivity contribution in [2.45, 2.75) is 19.8 Å². The summed E-state index contributed by atoms with van der Waals surface area (Å²) in [7, 11) is 0. The molecule has 108 valence electrons. The Morgan fingerprint density at radius 3 is 2.80 bits per heavy atom. The lowest BCUT2D eigenvalue weighted by Gasteiger charge is -2.31. The fourth-order valence-electron chi connectivity index (χ4n) is 2.79. The molecular weight excluding hydrogens is 254 g/mol. The van der Waals surface area contributed by atoms with Crippen LogP contribution in [0, 0.1) is 5.92 Å². The predicted octanol–water partition coefficient (Wildman–Crippen LogP) is 1.95. The molecule has 0 amide bonds. The van der Waals surface area contributed by atoms with Crippen LogP contribution in [0.5, 0.6) is 0 Å².